The number of anilines is 1. The van der Waals surface area contributed by atoms with Crippen LogP contribution in [0, 0.1) is 0 Å². The number of hydrogen-bond acceptors (Lipinski definition) is 5. The largest absolute Gasteiger partial charge is 0.506 e. The first kappa shape index (κ1) is 22.6. The molecule has 2 unspecified atom stereocenters. The molecule has 0 saturated heterocycles. The number of rotatable bonds is 8. The van der Waals surface area contributed by atoms with E-state index in [0.717, 1.165) is 19.1 Å². The van der Waals surface area contributed by atoms with Crippen LogP contribution in [0.3, 0.4) is 0 Å². The Balaban J connectivity index is 1.84. The van der Waals surface area contributed by atoms with E-state index in [1.165, 1.54) is 37.0 Å². The van der Waals surface area contributed by atoms with Crippen LogP contribution in [-0.2, 0) is 10.0 Å². The number of aromatic hydroxyl groups is 1. The number of phenols is 1. The Kier molecular flexibility index (Phi) is 7.39. The lowest BCUT2D eigenvalue weighted by Crippen LogP contribution is -2.41. The van der Waals surface area contributed by atoms with E-state index in [4.69, 9.17) is 0 Å². The van der Waals surface area contributed by atoms with Gasteiger partial charge in [0.15, 0.2) is 0 Å². The summed E-state index contributed by atoms with van der Waals surface area (Å²) in [4.78, 5) is 2.37. The molecule has 0 heterocycles. The average molecular weight is 433 g/mol. The van der Waals surface area contributed by atoms with Crippen molar-refractivity contribution < 1.29 is 18.6 Å². The van der Waals surface area contributed by atoms with Gasteiger partial charge in [-0.15, -0.1) is 0 Å². The molecule has 0 aromatic heterocycles. The van der Waals surface area contributed by atoms with Crippen molar-refractivity contribution in [3.05, 3.63) is 59.7 Å². The van der Waals surface area contributed by atoms with Crippen molar-refractivity contribution in [2.24, 2.45) is 0 Å². The fourth-order valence-corrected chi connectivity index (χ4v) is 4.87. The number of phenolic OH excluding ortho intramolecular Hbond substituents is 1. The Labute approximate surface area is 179 Å². The molecule has 0 radical (unpaired) electrons. The van der Waals surface area contributed by atoms with Crippen LogP contribution in [0.2, 0.25) is 0 Å². The summed E-state index contributed by atoms with van der Waals surface area (Å²) in [5, 5.41) is 21.0. The lowest BCUT2D eigenvalue weighted by molar-refractivity contribution is 0.0460. The Morgan fingerprint density at radius 3 is 2.37 bits per heavy atom. The maximum Gasteiger partial charge on any atom is 0.229 e. The summed E-state index contributed by atoms with van der Waals surface area (Å²) in [7, 11) is -3.53. The van der Waals surface area contributed by atoms with Gasteiger partial charge in [0.05, 0.1) is 18.0 Å². The third-order valence-electron chi connectivity index (χ3n) is 5.91. The molecule has 2 aromatic carbocycles. The highest BCUT2D eigenvalue weighted by molar-refractivity contribution is 7.92. The number of hydrogen-bond donors (Lipinski definition) is 3. The zero-order chi connectivity index (χ0) is 21.7. The van der Waals surface area contributed by atoms with Crippen LogP contribution in [0.1, 0.15) is 62.3 Å². The van der Waals surface area contributed by atoms with E-state index in [0.29, 0.717) is 18.2 Å². The normalized spacial score (nSPS) is 17.6. The molecule has 3 rings (SSSR count). The summed E-state index contributed by atoms with van der Waals surface area (Å²) >= 11 is 0. The van der Waals surface area contributed by atoms with Gasteiger partial charge < -0.3 is 10.2 Å². The molecule has 2 atom stereocenters. The van der Waals surface area contributed by atoms with Crippen molar-refractivity contribution >= 4 is 15.7 Å². The minimum Gasteiger partial charge on any atom is -0.506 e. The van der Waals surface area contributed by atoms with Crippen molar-refractivity contribution in [3.8, 4) is 5.75 Å². The Hall–Kier alpha value is -2.09. The van der Waals surface area contributed by atoms with Crippen LogP contribution >= 0.6 is 0 Å². The lowest BCUT2D eigenvalue weighted by Gasteiger charge is -2.40. The molecule has 2 aromatic rings. The second kappa shape index (κ2) is 9.81. The summed E-state index contributed by atoms with van der Waals surface area (Å²) in [6.07, 6.45) is 6.09. The van der Waals surface area contributed by atoms with Crippen LogP contribution in [0.5, 0.6) is 5.75 Å². The van der Waals surface area contributed by atoms with Gasteiger partial charge in [0.1, 0.15) is 5.75 Å². The summed E-state index contributed by atoms with van der Waals surface area (Å²) < 4.78 is 25.5. The van der Waals surface area contributed by atoms with Crippen LogP contribution in [0.25, 0.3) is 0 Å². The Morgan fingerprint density at radius 2 is 1.73 bits per heavy atom. The van der Waals surface area contributed by atoms with E-state index < -0.39 is 16.1 Å². The van der Waals surface area contributed by atoms with Gasteiger partial charge >= 0.3 is 0 Å². The zero-order valence-corrected chi connectivity index (χ0v) is 18.5. The first-order chi connectivity index (χ1) is 14.2. The van der Waals surface area contributed by atoms with Crippen molar-refractivity contribution in [1.29, 1.82) is 0 Å². The van der Waals surface area contributed by atoms with E-state index in [-0.39, 0.29) is 17.5 Å². The molecule has 0 aliphatic heterocycles. The molecule has 7 heteroatoms. The number of benzene rings is 2. The van der Waals surface area contributed by atoms with Crippen molar-refractivity contribution in [2.45, 2.75) is 57.2 Å². The number of nitrogens with one attached hydrogen (secondary N) is 1. The lowest BCUT2D eigenvalue weighted by atomic mass is 9.91. The van der Waals surface area contributed by atoms with Crippen LogP contribution in [0.4, 0.5) is 5.69 Å². The van der Waals surface area contributed by atoms with Crippen molar-refractivity contribution in [2.75, 3.05) is 17.5 Å². The molecule has 0 amide bonds. The molecule has 164 valence electrons. The molecule has 30 heavy (non-hydrogen) atoms. The number of aliphatic hydroxyl groups is 1. The Morgan fingerprint density at radius 1 is 1.07 bits per heavy atom. The summed E-state index contributed by atoms with van der Waals surface area (Å²) in [5.41, 5.74) is 1.86. The molecular weight excluding hydrogens is 400 g/mol. The van der Waals surface area contributed by atoms with Gasteiger partial charge in [0.2, 0.25) is 10.0 Å². The molecular formula is C23H32N2O4S. The van der Waals surface area contributed by atoms with E-state index in [1.807, 2.05) is 18.2 Å². The number of aliphatic hydroxyl groups excluding tert-OH is 1. The second-order valence-corrected chi connectivity index (χ2v) is 9.99. The van der Waals surface area contributed by atoms with Gasteiger partial charge in [-0.25, -0.2) is 8.42 Å². The fraction of sp³-hybridized carbons (Fsp3) is 0.478. The van der Waals surface area contributed by atoms with E-state index in [1.54, 1.807) is 6.07 Å². The molecule has 1 saturated carbocycles. The van der Waals surface area contributed by atoms with E-state index in [2.05, 4.69) is 28.7 Å². The summed E-state index contributed by atoms with van der Waals surface area (Å²) in [6.45, 7) is 2.61. The molecule has 3 N–H and O–H groups in total. The average Bonchev–Trinajstić information content (AvgIpc) is 2.73. The first-order valence-electron chi connectivity index (χ1n) is 10.5. The van der Waals surface area contributed by atoms with Crippen LogP contribution < -0.4 is 4.72 Å². The number of sulfonamides is 1. The molecule has 1 aliphatic carbocycles. The fourth-order valence-electron chi connectivity index (χ4n) is 4.31. The molecule has 1 fully saturated rings. The third-order valence-corrected chi connectivity index (χ3v) is 6.50. The molecule has 0 spiro atoms. The molecule has 1 aliphatic rings. The summed E-state index contributed by atoms with van der Waals surface area (Å²) in [5.74, 6) is -0.168. The topological polar surface area (TPSA) is 89.9 Å². The number of nitrogens with zero attached hydrogens (tertiary/aromatic N) is 1. The predicted octanol–water partition coefficient (Wildman–Crippen LogP) is 4.19. The van der Waals surface area contributed by atoms with E-state index in [9.17, 15) is 18.6 Å². The van der Waals surface area contributed by atoms with Crippen LogP contribution in [-0.4, -0.2) is 42.4 Å². The van der Waals surface area contributed by atoms with Gasteiger partial charge in [-0.1, -0.05) is 55.7 Å². The third kappa shape index (κ3) is 5.97. The molecule has 6 nitrogen and oxygen atoms in total. The van der Waals surface area contributed by atoms with Gasteiger partial charge in [-0.05, 0) is 43.0 Å². The first-order valence-corrected chi connectivity index (χ1v) is 12.4. The van der Waals surface area contributed by atoms with Gasteiger partial charge in [0, 0.05) is 18.6 Å². The minimum atomic E-state index is -3.53. The zero-order valence-electron chi connectivity index (χ0n) is 17.7. The van der Waals surface area contributed by atoms with Crippen molar-refractivity contribution in [3.63, 3.8) is 0 Å². The second-order valence-electron chi connectivity index (χ2n) is 8.24. The monoisotopic (exact) mass is 432 g/mol. The maximum atomic E-state index is 11.6. The predicted molar refractivity (Wildman–Crippen MR) is 120 cm³/mol. The van der Waals surface area contributed by atoms with Crippen molar-refractivity contribution in [1.82, 2.24) is 4.90 Å². The Bertz CT molecular complexity index is 927. The van der Waals surface area contributed by atoms with Gasteiger partial charge in [-0.2, -0.15) is 0 Å². The van der Waals surface area contributed by atoms with Gasteiger partial charge in [0.25, 0.3) is 0 Å². The van der Waals surface area contributed by atoms with Gasteiger partial charge in [-0.3, -0.25) is 9.62 Å². The molecule has 0 bridgehead atoms. The highest BCUT2D eigenvalue weighted by Gasteiger charge is 2.28. The van der Waals surface area contributed by atoms with Crippen LogP contribution in [0.15, 0.2) is 48.5 Å². The highest BCUT2D eigenvalue weighted by Crippen LogP contribution is 2.33. The van der Waals surface area contributed by atoms with E-state index >= 15 is 0 Å². The highest BCUT2D eigenvalue weighted by atomic mass is 32.2. The maximum absolute atomic E-state index is 11.6. The quantitative estimate of drug-likeness (QED) is 0.544. The SMILES string of the molecule is CC(c1ccccc1)N(CC(O)c1ccc(O)c(NS(C)(=O)=O)c1)C1CCCCC1. The summed E-state index contributed by atoms with van der Waals surface area (Å²) in [6, 6.07) is 15.4. The smallest absolute Gasteiger partial charge is 0.229 e. The minimum absolute atomic E-state index is 0.0781. The standard InChI is InChI=1S/C23H32N2O4S/c1-17(18-9-5-3-6-10-18)25(20-11-7-4-8-12-20)16-23(27)19-13-14-22(26)21(15-19)24-30(2,28)29/h3,5-6,9-10,13-15,17,20,23-24,26-27H,4,7-8,11-12,16H2,1-2H3.